The Balaban J connectivity index is 1.54. The maximum absolute atomic E-state index is 13.9. The lowest BCUT2D eigenvalue weighted by Crippen LogP contribution is -2.27. The molecule has 1 fully saturated rings. The highest BCUT2D eigenvalue weighted by Gasteiger charge is 2.35. The summed E-state index contributed by atoms with van der Waals surface area (Å²) in [4.78, 5) is 26.4. The summed E-state index contributed by atoms with van der Waals surface area (Å²) in [5, 5.41) is -0.468. The van der Waals surface area contributed by atoms with Crippen LogP contribution in [0.5, 0.6) is 5.75 Å². The summed E-state index contributed by atoms with van der Waals surface area (Å²) in [5.74, 6) is -0.888. The second kappa shape index (κ2) is 9.14. The molecule has 1 aliphatic heterocycles. The molecule has 3 aromatic rings. The average molecular weight is 437 g/mol. The molecule has 1 saturated heterocycles. The molecular formula is C24H17F2NO3S. The number of ether oxygens (including phenoxy) is 1. The van der Waals surface area contributed by atoms with Gasteiger partial charge >= 0.3 is 0 Å². The van der Waals surface area contributed by atoms with Crippen molar-refractivity contribution in [1.29, 1.82) is 0 Å². The van der Waals surface area contributed by atoms with Gasteiger partial charge in [0.2, 0.25) is 0 Å². The first kappa shape index (κ1) is 20.8. The zero-order valence-electron chi connectivity index (χ0n) is 16.3. The van der Waals surface area contributed by atoms with E-state index in [0.717, 1.165) is 16.7 Å². The van der Waals surface area contributed by atoms with Crippen LogP contribution in [0, 0.1) is 11.6 Å². The zero-order valence-corrected chi connectivity index (χ0v) is 17.1. The standard InChI is InChI=1S/C24H17F2NO3S/c25-19-10-4-1-8-17(19)14-27-23(28)22(31-24(27)29)13-16-7-3-6-12-21(16)30-15-18-9-2-5-11-20(18)26/h1-13H,14-15H2/b22-13+. The SMILES string of the molecule is O=C1S/C(=C/c2ccccc2OCc2ccccc2F)C(=O)N1Cc1ccccc1F. The third-order valence-corrected chi connectivity index (χ3v) is 5.61. The Morgan fingerprint density at radius 1 is 0.839 bits per heavy atom. The van der Waals surface area contributed by atoms with Gasteiger partial charge in [0, 0.05) is 16.7 Å². The summed E-state index contributed by atoms with van der Waals surface area (Å²) in [6, 6.07) is 19.3. The molecule has 0 aromatic heterocycles. The van der Waals surface area contributed by atoms with Gasteiger partial charge in [0.25, 0.3) is 11.1 Å². The van der Waals surface area contributed by atoms with Crippen molar-refractivity contribution in [2.24, 2.45) is 0 Å². The second-order valence-electron chi connectivity index (χ2n) is 6.78. The summed E-state index contributed by atoms with van der Waals surface area (Å²) in [5.41, 5.74) is 1.25. The Bertz CT molecular complexity index is 1180. The third kappa shape index (κ3) is 4.67. The van der Waals surface area contributed by atoms with Crippen LogP contribution in [0.15, 0.2) is 77.7 Å². The molecule has 0 bridgehead atoms. The van der Waals surface area contributed by atoms with Gasteiger partial charge in [-0.25, -0.2) is 8.78 Å². The monoisotopic (exact) mass is 437 g/mol. The van der Waals surface area contributed by atoms with Crippen molar-refractivity contribution in [3.8, 4) is 5.75 Å². The molecule has 0 atom stereocenters. The van der Waals surface area contributed by atoms with Gasteiger partial charge in [0.1, 0.15) is 24.0 Å². The molecule has 0 N–H and O–H groups in total. The Kier molecular flexibility index (Phi) is 6.13. The topological polar surface area (TPSA) is 46.6 Å². The Morgan fingerprint density at radius 2 is 1.45 bits per heavy atom. The maximum Gasteiger partial charge on any atom is 0.293 e. The molecule has 0 radical (unpaired) electrons. The number of carbonyl (C=O) groups excluding carboxylic acids is 2. The van der Waals surface area contributed by atoms with Gasteiger partial charge in [-0.1, -0.05) is 54.6 Å². The van der Waals surface area contributed by atoms with E-state index in [1.807, 2.05) is 0 Å². The molecule has 4 rings (SSSR count). The van der Waals surface area contributed by atoms with Crippen LogP contribution in [0.1, 0.15) is 16.7 Å². The predicted molar refractivity (Wildman–Crippen MR) is 115 cm³/mol. The van der Waals surface area contributed by atoms with Crippen molar-refractivity contribution in [3.05, 3.63) is 106 Å². The largest absolute Gasteiger partial charge is 0.488 e. The number of amides is 2. The number of hydrogen-bond acceptors (Lipinski definition) is 4. The average Bonchev–Trinajstić information content (AvgIpc) is 3.03. The molecule has 0 aliphatic carbocycles. The number of nitrogens with zero attached hydrogens (tertiary/aromatic N) is 1. The van der Waals surface area contributed by atoms with Crippen LogP contribution >= 0.6 is 11.8 Å². The molecule has 0 saturated carbocycles. The van der Waals surface area contributed by atoms with Crippen molar-refractivity contribution < 1.29 is 23.1 Å². The number of halogens is 2. The van der Waals surface area contributed by atoms with Crippen LogP contribution < -0.4 is 4.74 Å². The van der Waals surface area contributed by atoms with Crippen molar-refractivity contribution >= 4 is 29.0 Å². The van der Waals surface area contributed by atoms with Crippen LogP contribution in [-0.2, 0) is 17.9 Å². The molecular weight excluding hydrogens is 420 g/mol. The first-order valence-corrected chi connectivity index (χ1v) is 10.3. The predicted octanol–water partition coefficient (Wildman–Crippen LogP) is 5.78. The Labute approximate surface area is 182 Å². The molecule has 1 heterocycles. The van der Waals surface area contributed by atoms with Crippen molar-refractivity contribution in [3.63, 3.8) is 0 Å². The minimum absolute atomic E-state index is 0.0201. The van der Waals surface area contributed by atoms with Crippen LogP contribution in [0.2, 0.25) is 0 Å². The normalized spacial score (nSPS) is 15.0. The number of thioether (sulfide) groups is 1. The fourth-order valence-electron chi connectivity index (χ4n) is 3.08. The Hall–Kier alpha value is -3.45. The van der Waals surface area contributed by atoms with E-state index >= 15 is 0 Å². The van der Waals surface area contributed by atoms with Gasteiger partial charge < -0.3 is 4.74 Å². The minimum Gasteiger partial charge on any atom is -0.488 e. The number of rotatable bonds is 6. The van der Waals surface area contributed by atoms with Gasteiger partial charge in [0.15, 0.2) is 0 Å². The Morgan fingerprint density at radius 3 is 2.16 bits per heavy atom. The van der Waals surface area contributed by atoms with Crippen molar-refractivity contribution in [1.82, 2.24) is 4.90 Å². The first-order chi connectivity index (χ1) is 15.0. The van der Waals surface area contributed by atoms with E-state index in [2.05, 4.69) is 0 Å². The summed E-state index contributed by atoms with van der Waals surface area (Å²) in [6.45, 7) is -0.119. The van der Waals surface area contributed by atoms with E-state index in [1.165, 1.54) is 18.2 Å². The highest BCUT2D eigenvalue weighted by atomic mass is 32.2. The number of imide groups is 1. The molecule has 3 aromatic carbocycles. The molecule has 7 heteroatoms. The van der Waals surface area contributed by atoms with E-state index in [4.69, 9.17) is 4.74 Å². The van der Waals surface area contributed by atoms with Crippen molar-refractivity contribution in [2.45, 2.75) is 13.2 Å². The number of benzene rings is 3. The second-order valence-corrected chi connectivity index (χ2v) is 7.77. The summed E-state index contributed by atoms with van der Waals surface area (Å²) < 4.78 is 33.6. The molecule has 0 unspecified atom stereocenters. The van der Waals surface area contributed by atoms with Crippen LogP contribution in [0.4, 0.5) is 13.6 Å². The van der Waals surface area contributed by atoms with Gasteiger partial charge in [-0.05, 0) is 36.0 Å². The van der Waals surface area contributed by atoms with E-state index < -0.39 is 17.0 Å². The highest BCUT2D eigenvalue weighted by molar-refractivity contribution is 8.18. The third-order valence-electron chi connectivity index (χ3n) is 4.71. The lowest BCUT2D eigenvalue weighted by Gasteiger charge is -2.13. The molecule has 31 heavy (non-hydrogen) atoms. The molecule has 1 aliphatic rings. The van der Waals surface area contributed by atoms with Gasteiger partial charge in [-0.3, -0.25) is 14.5 Å². The number of para-hydroxylation sites is 1. The molecule has 2 amide bonds. The lowest BCUT2D eigenvalue weighted by molar-refractivity contribution is -0.123. The minimum atomic E-state index is -0.498. The maximum atomic E-state index is 13.9. The van der Waals surface area contributed by atoms with E-state index in [-0.39, 0.29) is 29.4 Å². The highest BCUT2D eigenvalue weighted by Crippen LogP contribution is 2.35. The number of carbonyl (C=O) groups is 2. The molecule has 4 nitrogen and oxygen atoms in total. The fraction of sp³-hybridized carbons (Fsp3) is 0.0833. The summed E-state index contributed by atoms with van der Waals surface area (Å²) in [7, 11) is 0. The van der Waals surface area contributed by atoms with Crippen LogP contribution in [0.25, 0.3) is 6.08 Å². The smallest absolute Gasteiger partial charge is 0.293 e. The van der Waals surface area contributed by atoms with Crippen LogP contribution in [0.3, 0.4) is 0 Å². The summed E-state index contributed by atoms with van der Waals surface area (Å²) >= 11 is 0.788. The zero-order chi connectivity index (χ0) is 21.8. The summed E-state index contributed by atoms with van der Waals surface area (Å²) in [6.07, 6.45) is 1.56. The van der Waals surface area contributed by atoms with Gasteiger partial charge in [0.05, 0.1) is 11.4 Å². The quantitative estimate of drug-likeness (QED) is 0.459. The molecule has 156 valence electrons. The first-order valence-electron chi connectivity index (χ1n) is 9.47. The molecule has 0 spiro atoms. The van der Waals surface area contributed by atoms with E-state index in [9.17, 15) is 18.4 Å². The van der Waals surface area contributed by atoms with Crippen LogP contribution in [-0.4, -0.2) is 16.0 Å². The van der Waals surface area contributed by atoms with Gasteiger partial charge in [-0.2, -0.15) is 0 Å². The number of hydrogen-bond donors (Lipinski definition) is 0. The van der Waals surface area contributed by atoms with Crippen molar-refractivity contribution in [2.75, 3.05) is 0 Å². The van der Waals surface area contributed by atoms with E-state index in [0.29, 0.717) is 16.9 Å². The van der Waals surface area contributed by atoms with E-state index in [1.54, 1.807) is 60.7 Å². The van der Waals surface area contributed by atoms with Gasteiger partial charge in [-0.15, -0.1) is 0 Å². The fourth-order valence-corrected chi connectivity index (χ4v) is 3.91. The lowest BCUT2D eigenvalue weighted by atomic mass is 10.1.